The van der Waals surface area contributed by atoms with E-state index in [0.29, 0.717) is 12.6 Å². The normalized spacial score (nSPS) is 31.1. The molecule has 1 unspecified atom stereocenters. The van der Waals surface area contributed by atoms with Gasteiger partial charge in [-0.25, -0.2) is 0 Å². The van der Waals surface area contributed by atoms with E-state index >= 15 is 0 Å². The average molecular weight is 226 g/mol. The zero-order valence-corrected chi connectivity index (χ0v) is 8.89. The molecule has 3 aliphatic heterocycles. The first-order valence-corrected chi connectivity index (χ1v) is 5.55. The van der Waals surface area contributed by atoms with Crippen molar-refractivity contribution >= 4 is 6.02 Å². The minimum atomic E-state index is -0.839. The Morgan fingerprint density at radius 3 is 2.94 bits per heavy atom. The zero-order chi connectivity index (χ0) is 11.2. The third kappa shape index (κ3) is 1.42. The van der Waals surface area contributed by atoms with Gasteiger partial charge >= 0.3 is 6.17 Å². The molecule has 0 aliphatic carbocycles. The highest BCUT2D eigenvalue weighted by molar-refractivity contribution is 5.78. The number of nitro groups is 1. The summed E-state index contributed by atoms with van der Waals surface area (Å²) in [4.78, 5) is 16.2. The summed E-state index contributed by atoms with van der Waals surface area (Å²) in [5.41, 5.74) is -0.147. The van der Waals surface area contributed by atoms with Gasteiger partial charge in [-0.05, 0) is 13.1 Å². The monoisotopic (exact) mass is 226 g/mol. The van der Waals surface area contributed by atoms with E-state index in [1.165, 1.54) is 0 Å². The number of hydrogen-bond acceptors (Lipinski definition) is 6. The topological polar surface area (TPSA) is 80.0 Å². The molecule has 7 heteroatoms. The lowest BCUT2D eigenvalue weighted by molar-refractivity contribution is -0.518. The summed E-state index contributed by atoms with van der Waals surface area (Å²) in [6.07, 6.45) is 1.06. The Kier molecular flexibility index (Phi) is 2.03. The maximum absolute atomic E-state index is 10.6. The summed E-state index contributed by atoms with van der Waals surface area (Å²) < 4.78 is 5.83. The second-order valence-electron chi connectivity index (χ2n) is 4.59. The van der Waals surface area contributed by atoms with Crippen molar-refractivity contribution in [2.24, 2.45) is 4.99 Å². The van der Waals surface area contributed by atoms with Crippen molar-refractivity contribution in [3.05, 3.63) is 10.1 Å². The van der Waals surface area contributed by atoms with E-state index in [4.69, 9.17) is 4.74 Å². The van der Waals surface area contributed by atoms with Gasteiger partial charge in [0, 0.05) is 17.8 Å². The molecule has 16 heavy (non-hydrogen) atoms. The van der Waals surface area contributed by atoms with Crippen molar-refractivity contribution in [3.8, 4) is 0 Å². The van der Waals surface area contributed by atoms with Crippen molar-refractivity contribution in [1.29, 1.82) is 0 Å². The minimum absolute atomic E-state index is 0.147. The van der Waals surface area contributed by atoms with Crippen molar-refractivity contribution in [2.75, 3.05) is 26.2 Å². The number of amidine groups is 1. The summed E-state index contributed by atoms with van der Waals surface area (Å²) in [7, 11) is 0. The number of ether oxygens (including phenoxy) is 1. The van der Waals surface area contributed by atoms with Gasteiger partial charge in [0.05, 0.1) is 6.54 Å². The van der Waals surface area contributed by atoms with E-state index in [1.54, 1.807) is 0 Å². The molecule has 0 aromatic rings. The molecule has 0 bridgehead atoms. The Labute approximate surface area is 92.6 Å². The van der Waals surface area contributed by atoms with Crippen LogP contribution in [0.1, 0.15) is 12.8 Å². The van der Waals surface area contributed by atoms with Crippen LogP contribution in [0.3, 0.4) is 0 Å². The molecular formula is C9H14N4O3. The molecule has 3 rings (SSSR count). The molecule has 0 amide bonds. The first-order valence-electron chi connectivity index (χ1n) is 5.55. The highest BCUT2D eigenvalue weighted by Crippen LogP contribution is 2.33. The zero-order valence-electron chi connectivity index (χ0n) is 8.89. The van der Waals surface area contributed by atoms with Crippen LogP contribution < -0.4 is 5.32 Å². The van der Waals surface area contributed by atoms with Crippen molar-refractivity contribution in [2.45, 2.75) is 24.6 Å². The molecule has 0 radical (unpaired) electrons. The fourth-order valence-electron chi connectivity index (χ4n) is 2.58. The van der Waals surface area contributed by atoms with E-state index in [9.17, 15) is 10.1 Å². The van der Waals surface area contributed by atoms with E-state index in [-0.39, 0.29) is 10.5 Å². The predicted molar refractivity (Wildman–Crippen MR) is 55.7 cm³/mol. The fraction of sp³-hybridized carbons (Fsp3) is 0.889. The summed E-state index contributed by atoms with van der Waals surface area (Å²) >= 11 is 0. The third-order valence-corrected chi connectivity index (χ3v) is 3.46. The van der Waals surface area contributed by atoms with Crippen molar-refractivity contribution in [1.82, 2.24) is 10.2 Å². The van der Waals surface area contributed by atoms with Gasteiger partial charge in [0.2, 0.25) is 0 Å². The molecule has 2 fully saturated rings. The molecule has 0 saturated carbocycles. The molecule has 1 spiro atoms. The summed E-state index contributed by atoms with van der Waals surface area (Å²) in [5.74, 6) is 0. The second kappa shape index (κ2) is 3.31. The molecule has 0 aromatic heterocycles. The summed E-state index contributed by atoms with van der Waals surface area (Å²) in [6.45, 7) is 2.99. The standard InChI is InChI=1S/C9H14N4O3/c14-13(15)7-5-12-6-9(16-8(12)11-7)1-3-10-4-2-9/h7,10H,1-6H2. The molecule has 3 aliphatic rings. The van der Waals surface area contributed by atoms with Crippen molar-refractivity contribution in [3.63, 3.8) is 0 Å². The molecule has 0 aromatic carbocycles. The van der Waals surface area contributed by atoms with E-state index in [2.05, 4.69) is 10.3 Å². The number of nitrogens with one attached hydrogen (secondary N) is 1. The first kappa shape index (κ1) is 9.83. The third-order valence-electron chi connectivity index (χ3n) is 3.46. The van der Waals surface area contributed by atoms with Gasteiger partial charge in [0.1, 0.15) is 12.1 Å². The lowest BCUT2D eigenvalue weighted by Gasteiger charge is -2.31. The molecule has 7 nitrogen and oxygen atoms in total. The second-order valence-corrected chi connectivity index (χ2v) is 4.59. The molecule has 88 valence electrons. The highest BCUT2D eigenvalue weighted by atomic mass is 16.6. The van der Waals surface area contributed by atoms with Gasteiger partial charge in [-0.1, -0.05) is 0 Å². The van der Waals surface area contributed by atoms with Gasteiger partial charge in [-0.15, -0.1) is 0 Å². The predicted octanol–water partition coefficient (Wildman–Crippen LogP) is -0.587. The fourth-order valence-corrected chi connectivity index (χ4v) is 2.58. The van der Waals surface area contributed by atoms with Gasteiger partial charge in [0.15, 0.2) is 0 Å². The molecular weight excluding hydrogens is 212 g/mol. The van der Waals surface area contributed by atoms with E-state index in [0.717, 1.165) is 32.5 Å². The quantitative estimate of drug-likeness (QED) is 0.477. The van der Waals surface area contributed by atoms with Crippen LogP contribution in [0.25, 0.3) is 0 Å². The highest BCUT2D eigenvalue weighted by Gasteiger charge is 2.49. The Balaban J connectivity index is 1.75. The van der Waals surface area contributed by atoms with Crippen molar-refractivity contribution < 1.29 is 9.66 Å². The number of rotatable bonds is 1. The Hall–Kier alpha value is -1.37. The Morgan fingerprint density at radius 1 is 1.56 bits per heavy atom. The van der Waals surface area contributed by atoms with E-state index < -0.39 is 6.17 Å². The number of fused-ring (bicyclic) bond motifs is 1. The van der Waals surface area contributed by atoms with Gasteiger partial charge < -0.3 is 15.0 Å². The van der Waals surface area contributed by atoms with Crippen LogP contribution in [0.2, 0.25) is 0 Å². The average Bonchev–Trinajstić information content (AvgIpc) is 2.74. The SMILES string of the molecule is O=[N+]([O-])C1CN2CC3(CCNCC3)OC2=N1. The number of nitrogens with zero attached hydrogens (tertiary/aromatic N) is 3. The smallest absolute Gasteiger partial charge is 0.325 e. The molecule has 2 saturated heterocycles. The van der Waals surface area contributed by atoms with Crippen LogP contribution in [0, 0.1) is 10.1 Å². The number of aliphatic imine (C=N–C) groups is 1. The van der Waals surface area contributed by atoms with Crippen LogP contribution in [0.4, 0.5) is 0 Å². The van der Waals surface area contributed by atoms with Crippen LogP contribution in [0.5, 0.6) is 0 Å². The van der Waals surface area contributed by atoms with Gasteiger partial charge in [-0.2, -0.15) is 4.99 Å². The Morgan fingerprint density at radius 2 is 2.31 bits per heavy atom. The molecule has 1 N–H and O–H groups in total. The van der Waals surface area contributed by atoms with Gasteiger partial charge in [0.25, 0.3) is 6.02 Å². The van der Waals surface area contributed by atoms with Crippen LogP contribution in [-0.4, -0.2) is 53.8 Å². The Bertz CT molecular complexity index is 351. The minimum Gasteiger partial charge on any atom is -0.456 e. The molecule has 1 atom stereocenters. The largest absolute Gasteiger partial charge is 0.456 e. The van der Waals surface area contributed by atoms with Crippen LogP contribution in [-0.2, 0) is 4.74 Å². The lowest BCUT2D eigenvalue weighted by Crippen LogP contribution is -2.45. The van der Waals surface area contributed by atoms with Crippen LogP contribution in [0.15, 0.2) is 4.99 Å². The van der Waals surface area contributed by atoms with Gasteiger partial charge in [-0.3, -0.25) is 10.1 Å². The number of hydrogen-bond donors (Lipinski definition) is 1. The molecule has 3 heterocycles. The summed E-state index contributed by atoms with van der Waals surface area (Å²) in [6, 6.07) is 0.476. The lowest BCUT2D eigenvalue weighted by atomic mass is 9.92. The number of piperidine rings is 1. The van der Waals surface area contributed by atoms with Crippen LogP contribution >= 0.6 is 0 Å². The maximum Gasteiger partial charge on any atom is 0.325 e. The first-order chi connectivity index (χ1) is 7.69. The van der Waals surface area contributed by atoms with E-state index in [1.807, 2.05) is 4.90 Å². The maximum atomic E-state index is 10.6. The summed E-state index contributed by atoms with van der Waals surface area (Å²) in [5, 5.41) is 13.9.